The van der Waals surface area contributed by atoms with Crippen molar-refractivity contribution in [2.45, 2.75) is 26.3 Å². The third-order valence-electron chi connectivity index (χ3n) is 3.40. The van der Waals surface area contributed by atoms with Crippen molar-refractivity contribution in [3.05, 3.63) is 33.8 Å². The summed E-state index contributed by atoms with van der Waals surface area (Å²) in [5.41, 5.74) is 1.55. The number of fused-ring (bicyclic) bond motifs is 1. The maximum absolute atomic E-state index is 12.6. The van der Waals surface area contributed by atoms with Gasteiger partial charge in [-0.15, -0.1) is 0 Å². The van der Waals surface area contributed by atoms with Crippen LogP contribution >= 0.6 is 15.9 Å². The molecule has 4 nitrogen and oxygen atoms in total. The van der Waals surface area contributed by atoms with Gasteiger partial charge < -0.3 is 14.7 Å². The van der Waals surface area contributed by atoms with Crippen LogP contribution in [-0.2, 0) is 4.79 Å². The van der Waals surface area contributed by atoms with Crippen molar-refractivity contribution in [2.75, 3.05) is 19.8 Å². The predicted molar refractivity (Wildman–Crippen MR) is 86.2 cm³/mol. The number of carbonyl (C=O) groups excluding carboxylic acids is 1. The summed E-state index contributed by atoms with van der Waals surface area (Å²) >= 11 is 3.43. The number of amides is 1. The third-order valence-corrected chi connectivity index (χ3v) is 3.89. The SMILES string of the molecule is CC(C)N(CCCO)C(=O)C1=Cc2cc(Br)ccc2OC1. The molecule has 2 rings (SSSR count). The quantitative estimate of drug-likeness (QED) is 0.885. The maximum atomic E-state index is 12.6. The minimum absolute atomic E-state index is 0.0240. The Balaban J connectivity index is 2.22. The molecular weight excluding hydrogens is 334 g/mol. The lowest BCUT2D eigenvalue weighted by atomic mass is 10.1. The van der Waals surface area contributed by atoms with E-state index in [0.717, 1.165) is 15.8 Å². The maximum Gasteiger partial charge on any atom is 0.253 e. The first-order valence-corrected chi connectivity index (χ1v) is 7.87. The summed E-state index contributed by atoms with van der Waals surface area (Å²) in [7, 11) is 0. The number of halogens is 1. The molecule has 1 heterocycles. The first-order chi connectivity index (χ1) is 10.0. The van der Waals surface area contributed by atoms with Gasteiger partial charge in [0.25, 0.3) is 5.91 Å². The van der Waals surface area contributed by atoms with Crippen molar-refractivity contribution in [1.29, 1.82) is 0 Å². The second kappa shape index (κ2) is 7.09. The van der Waals surface area contributed by atoms with E-state index < -0.39 is 0 Å². The van der Waals surface area contributed by atoms with E-state index in [1.54, 1.807) is 4.90 Å². The first kappa shape index (κ1) is 16.0. The van der Waals surface area contributed by atoms with E-state index in [9.17, 15) is 4.79 Å². The average Bonchev–Trinajstić information content (AvgIpc) is 2.46. The van der Waals surface area contributed by atoms with E-state index in [1.807, 2.05) is 38.1 Å². The summed E-state index contributed by atoms with van der Waals surface area (Å²) in [6.45, 7) is 4.88. The van der Waals surface area contributed by atoms with Crippen LogP contribution in [0.5, 0.6) is 5.75 Å². The molecule has 1 aliphatic rings. The second-order valence-corrected chi connectivity index (χ2v) is 6.23. The van der Waals surface area contributed by atoms with Crippen molar-refractivity contribution in [3.8, 4) is 5.75 Å². The molecule has 21 heavy (non-hydrogen) atoms. The Morgan fingerprint density at radius 3 is 2.90 bits per heavy atom. The molecule has 0 atom stereocenters. The van der Waals surface area contributed by atoms with Crippen molar-refractivity contribution in [3.63, 3.8) is 0 Å². The summed E-state index contributed by atoms with van der Waals surface area (Å²) in [6.07, 6.45) is 2.47. The fourth-order valence-electron chi connectivity index (χ4n) is 2.29. The molecule has 0 radical (unpaired) electrons. The van der Waals surface area contributed by atoms with Crippen LogP contribution in [0.25, 0.3) is 6.08 Å². The highest BCUT2D eigenvalue weighted by Gasteiger charge is 2.23. The van der Waals surface area contributed by atoms with Crippen LogP contribution in [0.3, 0.4) is 0 Å². The van der Waals surface area contributed by atoms with Gasteiger partial charge in [-0.3, -0.25) is 4.79 Å². The summed E-state index contributed by atoms with van der Waals surface area (Å²) in [5.74, 6) is 0.769. The molecule has 0 fully saturated rings. The number of hydrogen-bond acceptors (Lipinski definition) is 3. The number of rotatable bonds is 5. The van der Waals surface area contributed by atoms with Crippen LogP contribution in [0.1, 0.15) is 25.8 Å². The zero-order chi connectivity index (χ0) is 15.4. The van der Waals surface area contributed by atoms with Gasteiger partial charge >= 0.3 is 0 Å². The van der Waals surface area contributed by atoms with Gasteiger partial charge in [0.05, 0.1) is 5.57 Å². The summed E-state index contributed by atoms with van der Waals surface area (Å²) < 4.78 is 6.62. The van der Waals surface area contributed by atoms with Crippen LogP contribution in [0.2, 0.25) is 0 Å². The van der Waals surface area contributed by atoms with Crippen molar-refractivity contribution in [2.24, 2.45) is 0 Å². The molecule has 1 N–H and O–H groups in total. The number of aliphatic hydroxyl groups excluding tert-OH is 1. The van der Waals surface area contributed by atoms with Gasteiger partial charge in [0.1, 0.15) is 12.4 Å². The van der Waals surface area contributed by atoms with E-state index in [-0.39, 0.29) is 25.2 Å². The second-order valence-electron chi connectivity index (χ2n) is 5.31. The van der Waals surface area contributed by atoms with Crippen LogP contribution in [0.15, 0.2) is 28.2 Å². The molecule has 0 aromatic heterocycles. The van der Waals surface area contributed by atoms with Crippen molar-refractivity contribution in [1.82, 2.24) is 4.90 Å². The largest absolute Gasteiger partial charge is 0.488 e. The number of benzene rings is 1. The topological polar surface area (TPSA) is 49.8 Å². The summed E-state index contributed by atoms with van der Waals surface area (Å²) in [5, 5.41) is 8.97. The Bertz CT molecular complexity index is 554. The van der Waals surface area contributed by atoms with E-state index in [4.69, 9.17) is 9.84 Å². The number of ether oxygens (including phenoxy) is 1. The van der Waals surface area contributed by atoms with Gasteiger partial charge in [-0.25, -0.2) is 0 Å². The highest BCUT2D eigenvalue weighted by molar-refractivity contribution is 9.10. The Morgan fingerprint density at radius 1 is 1.48 bits per heavy atom. The van der Waals surface area contributed by atoms with Gasteiger partial charge in [-0.1, -0.05) is 15.9 Å². The number of carbonyl (C=O) groups is 1. The molecular formula is C16H20BrNO3. The first-order valence-electron chi connectivity index (χ1n) is 7.07. The Kier molecular flexibility index (Phi) is 5.42. The van der Waals surface area contributed by atoms with Crippen LogP contribution in [-0.4, -0.2) is 41.7 Å². The molecule has 5 heteroatoms. The van der Waals surface area contributed by atoms with E-state index in [2.05, 4.69) is 15.9 Å². The van der Waals surface area contributed by atoms with E-state index in [0.29, 0.717) is 18.5 Å². The highest BCUT2D eigenvalue weighted by Crippen LogP contribution is 2.29. The minimum Gasteiger partial charge on any atom is -0.488 e. The number of nitrogens with zero attached hydrogens (tertiary/aromatic N) is 1. The van der Waals surface area contributed by atoms with Crippen LogP contribution < -0.4 is 4.74 Å². The van der Waals surface area contributed by atoms with Gasteiger partial charge in [-0.05, 0) is 44.5 Å². The standard InChI is InChI=1S/C16H20BrNO3/c1-11(2)18(6-3-7-19)16(20)13-8-12-9-14(17)4-5-15(12)21-10-13/h4-5,8-9,11,19H,3,6-7,10H2,1-2H3. The summed E-state index contributed by atoms with van der Waals surface area (Å²) in [4.78, 5) is 14.4. The smallest absolute Gasteiger partial charge is 0.253 e. The normalized spacial score (nSPS) is 13.5. The van der Waals surface area contributed by atoms with Crippen LogP contribution in [0, 0.1) is 0 Å². The summed E-state index contributed by atoms with van der Waals surface area (Å²) in [6, 6.07) is 5.84. The lowest BCUT2D eigenvalue weighted by Gasteiger charge is -2.29. The Hall–Kier alpha value is -1.33. The average molecular weight is 354 g/mol. The fraction of sp³-hybridized carbons (Fsp3) is 0.438. The van der Waals surface area contributed by atoms with Crippen LogP contribution in [0.4, 0.5) is 0 Å². The monoisotopic (exact) mass is 353 g/mol. The van der Waals surface area contributed by atoms with E-state index >= 15 is 0 Å². The lowest BCUT2D eigenvalue weighted by molar-refractivity contribution is -0.129. The van der Waals surface area contributed by atoms with Crippen molar-refractivity contribution >= 4 is 27.9 Å². The molecule has 0 spiro atoms. The van der Waals surface area contributed by atoms with Gasteiger partial charge in [0.2, 0.25) is 0 Å². The molecule has 114 valence electrons. The zero-order valence-electron chi connectivity index (χ0n) is 12.3. The molecule has 1 aliphatic heterocycles. The molecule has 0 saturated carbocycles. The zero-order valence-corrected chi connectivity index (χ0v) is 13.9. The molecule has 1 amide bonds. The molecule has 1 aromatic carbocycles. The van der Waals surface area contributed by atoms with Crippen molar-refractivity contribution < 1.29 is 14.6 Å². The molecule has 0 saturated heterocycles. The van der Waals surface area contributed by atoms with Gasteiger partial charge in [0.15, 0.2) is 0 Å². The third kappa shape index (κ3) is 3.86. The number of aliphatic hydroxyl groups is 1. The molecule has 0 unspecified atom stereocenters. The predicted octanol–water partition coefficient (Wildman–Crippen LogP) is 2.84. The fourth-order valence-corrected chi connectivity index (χ4v) is 2.67. The van der Waals surface area contributed by atoms with Gasteiger partial charge in [0, 0.05) is 29.2 Å². The number of hydrogen-bond donors (Lipinski definition) is 1. The Morgan fingerprint density at radius 2 is 2.24 bits per heavy atom. The molecule has 1 aromatic rings. The molecule has 0 bridgehead atoms. The minimum atomic E-state index is -0.0240. The molecule has 0 aliphatic carbocycles. The lowest BCUT2D eigenvalue weighted by Crippen LogP contribution is -2.40. The highest BCUT2D eigenvalue weighted by atomic mass is 79.9. The Labute approximate surface area is 133 Å². The van der Waals surface area contributed by atoms with Gasteiger partial charge in [-0.2, -0.15) is 0 Å². The van der Waals surface area contributed by atoms with E-state index in [1.165, 1.54) is 0 Å².